The third kappa shape index (κ3) is 2.83. The van der Waals surface area contributed by atoms with Crippen LogP contribution in [0, 0.1) is 5.82 Å². The Morgan fingerprint density at radius 2 is 2.25 bits per heavy atom. The Morgan fingerprint density at radius 1 is 1.56 bits per heavy atom. The molecule has 0 heterocycles. The van der Waals surface area contributed by atoms with Gasteiger partial charge < -0.3 is 10.1 Å². The molecule has 0 saturated heterocycles. The largest absolute Gasteiger partial charge is 0.494 e. The Labute approximate surface area is 96.1 Å². The second kappa shape index (κ2) is 5.66. The van der Waals surface area contributed by atoms with Gasteiger partial charge in [-0.3, -0.25) is 0 Å². The van der Waals surface area contributed by atoms with Gasteiger partial charge in [0.1, 0.15) is 11.6 Å². The molecule has 0 radical (unpaired) electrons. The van der Waals surface area contributed by atoms with Crippen molar-refractivity contribution < 1.29 is 9.13 Å². The van der Waals surface area contributed by atoms with Crippen LogP contribution in [-0.2, 0) is 4.74 Å². The zero-order valence-corrected chi connectivity index (χ0v) is 10.0. The second-order valence-electron chi connectivity index (χ2n) is 3.61. The molecule has 0 aliphatic heterocycles. The van der Waals surface area contributed by atoms with Crippen molar-refractivity contribution in [2.45, 2.75) is 19.9 Å². The van der Waals surface area contributed by atoms with E-state index < -0.39 is 0 Å². The van der Waals surface area contributed by atoms with Crippen molar-refractivity contribution in [3.05, 3.63) is 41.7 Å². The van der Waals surface area contributed by atoms with E-state index in [0.717, 1.165) is 5.56 Å². The standard InChI is InChI=1S/C13H18FNO/c1-5-16-10(3)12-8-11(9(2)15-4)6-7-13(12)14/h6-9,15H,3,5H2,1-2,4H3. The van der Waals surface area contributed by atoms with Crippen LogP contribution in [0.2, 0.25) is 0 Å². The van der Waals surface area contributed by atoms with Gasteiger partial charge >= 0.3 is 0 Å². The molecule has 0 aliphatic rings. The van der Waals surface area contributed by atoms with E-state index in [1.165, 1.54) is 6.07 Å². The number of halogens is 1. The molecule has 16 heavy (non-hydrogen) atoms. The maximum Gasteiger partial charge on any atom is 0.134 e. The Hall–Kier alpha value is -1.35. The lowest BCUT2D eigenvalue weighted by molar-refractivity contribution is 0.297. The van der Waals surface area contributed by atoms with Crippen LogP contribution >= 0.6 is 0 Å². The van der Waals surface area contributed by atoms with Gasteiger partial charge in [-0.05, 0) is 38.6 Å². The molecule has 1 rings (SSSR count). The summed E-state index contributed by atoms with van der Waals surface area (Å²) >= 11 is 0. The monoisotopic (exact) mass is 223 g/mol. The van der Waals surface area contributed by atoms with Crippen molar-refractivity contribution in [1.29, 1.82) is 0 Å². The number of hydrogen-bond donors (Lipinski definition) is 1. The van der Waals surface area contributed by atoms with Gasteiger partial charge in [0.2, 0.25) is 0 Å². The first-order valence-corrected chi connectivity index (χ1v) is 5.39. The summed E-state index contributed by atoms with van der Waals surface area (Å²) in [6.07, 6.45) is 0. The van der Waals surface area contributed by atoms with Gasteiger partial charge in [0.25, 0.3) is 0 Å². The van der Waals surface area contributed by atoms with Gasteiger partial charge in [-0.15, -0.1) is 0 Å². The molecule has 1 N–H and O–H groups in total. The minimum absolute atomic E-state index is 0.175. The van der Waals surface area contributed by atoms with Crippen LogP contribution in [0.1, 0.15) is 31.0 Å². The third-order valence-corrected chi connectivity index (χ3v) is 2.54. The molecule has 2 nitrogen and oxygen atoms in total. The lowest BCUT2D eigenvalue weighted by Crippen LogP contribution is -2.12. The first kappa shape index (κ1) is 12.7. The summed E-state index contributed by atoms with van der Waals surface area (Å²) in [7, 11) is 1.87. The number of rotatable bonds is 5. The van der Waals surface area contributed by atoms with Gasteiger partial charge in [-0.25, -0.2) is 4.39 Å². The van der Waals surface area contributed by atoms with Crippen molar-refractivity contribution in [3.63, 3.8) is 0 Å². The van der Waals surface area contributed by atoms with E-state index in [0.29, 0.717) is 17.9 Å². The highest BCUT2D eigenvalue weighted by atomic mass is 19.1. The van der Waals surface area contributed by atoms with Crippen LogP contribution in [0.5, 0.6) is 0 Å². The summed E-state index contributed by atoms with van der Waals surface area (Å²) in [6, 6.07) is 5.16. The quantitative estimate of drug-likeness (QED) is 0.774. The van der Waals surface area contributed by atoms with E-state index in [1.807, 2.05) is 20.9 Å². The van der Waals surface area contributed by atoms with Crippen LogP contribution in [0.25, 0.3) is 5.76 Å². The lowest BCUT2D eigenvalue weighted by Gasteiger charge is -2.14. The van der Waals surface area contributed by atoms with Gasteiger partial charge in [-0.2, -0.15) is 0 Å². The van der Waals surface area contributed by atoms with Crippen LogP contribution in [0.15, 0.2) is 24.8 Å². The molecule has 0 fully saturated rings. The fraction of sp³-hybridized carbons (Fsp3) is 0.385. The molecule has 0 aromatic heterocycles. The number of ether oxygens (including phenoxy) is 1. The molecule has 0 spiro atoms. The first-order valence-electron chi connectivity index (χ1n) is 5.39. The van der Waals surface area contributed by atoms with Gasteiger partial charge in [0.05, 0.1) is 12.2 Å². The van der Waals surface area contributed by atoms with E-state index in [9.17, 15) is 4.39 Å². The van der Waals surface area contributed by atoms with Crippen molar-refractivity contribution in [2.75, 3.05) is 13.7 Å². The van der Waals surface area contributed by atoms with Gasteiger partial charge in [0.15, 0.2) is 0 Å². The molecular formula is C13H18FNO. The van der Waals surface area contributed by atoms with Crippen LogP contribution in [0.4, 0.5) is 4.39 Å². The molecule has 1 unspecified atom stereocenters. The minimum atomic E-state index is -0.300. The van der Waals surface area contributed by atoms with E-state index in [2.05, 4.69) is 11.9 Å². The average Bonchev–Trinajstić information content (AvgIpc) is 2.29. The Balaban J connectivity index is 3.03. The Bertz CT molecular complexity index is 376. The molecular weight excluding hydrogens is 205 g/mol. The number of hydrogen-bond acceptors (Lipinski definition) is 2. The van der Waals surface area contributed by atoms with Crippen LogP contribution in [0.3, 0.4) is 0 Å². The smallest absolute Gasteiger partial charge is 0.134 e. The molecule has 0 amide bonds. The minimum Gasteiger partial charge on any atom is -0.494 e. The molecule has 88 valence electrons. The molecule has 1 atom stereocenters. The van der Waals surface area contributed by atoms with Gasteiger partial charge in [-0.1, -0.05) is 12.6 Å². The fourth-order valence-corrected chi connectivity index (χ4v) is 1.44. The summed E-state index contributed by atoms with van der Waals surface area (Å²) in [5, 5.41) is 3.11. The predicted molar refractivity (Wildman–Crippen MR) is 64.5 cm³/mol. The van der Waals surface area contributed by atoms with Gasteiger partial charge in [0, 0.05) is 6.04 Å². The molecule has 1 aromatic rings. The van der Waals surface area contributed by atoms with E-state index in [1.54, 1.807) is 12.1 Å². The summed E-state index contributed by atoms with van der Waals surface area (Å²) in [6.45, 7) is 8.07. The molecule has 0 aliphatic carbocycles. The highest BCUT2D eigenvalue weighted by Gasteiger charge is 2.10. The van der Waals surface area contributed by atoms with E-state index >= 15 is 0 Å². The maximum atomic E-state index is 13.5. The van der Waals surface area contributed by atoms with Crippen molar-refractivity contribution >= 4 is 5.76 Å². The zero-order valence-electron chi connectivity index (χ0n) is 10.0. The highest BCUT2D eigenvalue weighted by Crippen LogP contribution is 2.22. The molecule has 0 bridgehead atoms. The van der Waals surface area contributed by atoms with E-state index in [-0.39, 0.29) is 11.9 Å². The van der Waals surface area contributed by atoms with Crippen molar-refractivity contribution in [3.8, 4) is 0 Å². The topological polar surface area (TPSA) is 21.3 Å². The summed E-state index contributed by atoms with van der Waals surface area (Å²) in [4.78, 5) is 0. The summed E-state index contributed by atoms with van der Waals surface area (Å²) in [5.74, 6) is 0.0793. The van der Waals surface area contributed by atoms with Crippen molar-refractivity contribution in [2.24, 2.45) is 0 Å². The zero-order chi connectivity index (χ0) is 12.1. The predicted octanol–water partition coefficient (Wildman–Crippen LogP) is 3.11. The molecule has 0 saturated carbocycles. The fourth-order valence-electron chi connectivity index (χ4n) is 1.44. The lowest BCUT2D eigenvalue weighted by atomic mass is 10.0. The third-order valence-electron chi connectivity index (χ3n) is 2.54. The normalized spacial score (nSPS) is 12.2. The van der Waals surface area contributed by atoms with Crippen LogP contribution in [-0.4, -0.2) is 13.7 Å². The van der Waals surface area contributed by atoms with Crippen molar-refractivity contribution in [1.82, 2.24) is 5.32 Å². The average molecular weight is 223 g/mol. The SMILES string of the molecule is C=C(OCC)c1cc(C(C)NC)ccc1F. The molecule has 1 aromatic carbocycles. The highest BCUT2D eigenvalue weighted by molar-refractivity contribution is 5.59. The van der Waals surface area contributed by atoms with Crippen LogP contribution < -0.4 is 5.32 Å². The Kier molecular flexibility index (Phi) is 4.50. The molecule has 3 heteroatoms. The number of benzene rings is 1. The Morgan fingerprint density at radius 3 is 2.81 bits per heavy atom. The summed E-state index contributed by atoms with van der Waals surface area (Å²) in [5.41, 5.74) is 1.45. The first-order chi connectivity index (χ1) is 7.60. The van der Waals surface area contributed by atoms with E-state index in [4.69, 9.17) is 4.74 Å². The summed E-state index contributed by atoms with van der Waals surface area (Å²) < 4.78 is 18.8. The number of nitrogens with one attached hydrogen (secondary N) is 1. The maximum absolute atomic E-state index is 13.5. The second-order valence-corrected chi connectivity index (χ2v) is 3.61.